The van der Waals surface area contributed by atoms with Gasteiger partial charge >= 0.3 is 0 Å². The van der Waals surface area contributed by atoms with Crippen LogP contribution in [0.2, 0.25) is 0 Å². The smallest absolute Gasteiger partial charge is 0.255 e. The van der Waals surface area contributed by atoms with E-state index in [1.54, 1.807) is 39.2 Å². The molecule has 1 saturated carbocycles. The molecule has 0 spiro atoms. The van der Waals surface area contributed by atoms with Crippen LogP contribution < -0.4 is 10.6 Å². The Balaban J connectivity index is 1.77. The van der Waals surface area contributed by atoms with Crippen molar-refractivity contribution in [2.75, 3.05) is 33.1 Å². The van der Waals surface area contributed by atoms with Crippen LogP contribution in [0.4, 0.5) is 5.69 Å². The molecule has 2 unspecified atom stereocenters. The zero-order valence-corrected chi connectivity index (χ0v) is 22.3. The van der Waals surface area contributed by atoms with Crippen LogP contribution in [-0.2, 0) is 20.8 Å². The quantitative estimate of drug-likeness (QED) is 0.264. The number of ketones is 2. The average Bonchev–Trinajstić information content (AvgIpc) is 3.35. The van der Waals surface area contributed by atoms with E-state index in [2.05, 4.69) is 0 Å². The molecule has 3 aliphatic carbocycles. The number of furan rings is 1. The topological polar surface area (TPSA) is 195 Å². The lowest BCUT2D eigenvalue weighted by Gasteiger charge is -2.50. The zero-order valence-electron chi connectivity index (χ0n) is 22.3. The highest BCUT2D eigenvalue weighted by molar-refractivity contribution is 6.24. The van der Waals surface area contributed by atoms with Crippen LogP contribution in [0.3, 0.4) is 0 Å². The lowest BCUT2D eigenvalue weighted by Crippen LogP contribution is -2.65. The van der Waals surface area contributed by atoms with Crippen molar-refractivity contribution in [3.05, 3.63) is 52.0 Å². The second-order valence-corrected chi connectivity index (χ2v) is 10.8. The molecule has 1 heterocycles. The summed E-state index contributed by atoms with van der Waals surface area (Å²) < 4.78 is 5.50. The van der Waals surface area contributed by atoms with E-state index in [4.69, 9.17) is 10.2 Å². The molecule has 0 radical (unpaired) electrons. The zero-order chi connectivity index (χ0) is 29.4. The Morgan fingerprint density at radius 2 is 1.82 bits per heavy atom. The van der Waals surface area contributed by atoms with E-state index in [0.717, 1.165) is 0 Å². The van der Waals surface area contributed by atoms with E-state index < -0.39 is 63.8 Å². The highest BCUT2D eigenvalue weighted by atomic mass is 16.4. The molecule has 4 atom stereocenters. The number of benzene rings is 1. The van der Waals surface area contributed by atoms with Crippen LogP contribution in [0.15, 0.2) is 39.5 Å². The molecule has 12 heteroatoms. The number of primary amides is 1. The van der Waals surface area contributed by atoms with Gasteiger partial charge in [-0.2, -0.15) is 0 Å². The summed E-state index contributed by atoms with van der Waals surface area (Å²) in [5.41, 5.74) is 2.70. The number of amides is 1. The van der Waals surface area contributed by atoms with Crippen molar-refractivity contribution in [2.45, 2.75) is 24.5 Å². The molecule has 2 aromatic rings. The van der Waals surface area contributed by atoms with E-state index in [1.165, 1.54) is 17.0 Å². The van der Waals surface area contributed by atoms with Crippen LogP contribution in [-0.4, -0.2) is 88.9 Å². The van der Waals surface area contributed by atoms with Gasteiger partial charge in [0.15, 0.2) is 23.4 Å². The summed E-state index contributed by atoms with van der Waals surface area (Å²) in [6, 6.07) is 3.38. The summed E-state index contributed by atoms with van der Waals surface area (Å²) in [5, 5.41) is 45.6. The summed E-state index contributed by atoms with van der Waals surface area (Å²) >= 11 is 0. The number of aldehydes is 1. The first-order valence-electron chi connectivity index (χ1n) is 12.5. The minimum atomic E-state index is -2.72. The Bertz CT molecular complexity index is 1560. The fraction of sp³-hybridized carbons (Fsp3) is 0.357. The number of rotatable bonds is 5. The highest BCUT2D eigenvalue weighted by Gasteiger charge is 2.64. The van der Waals surface area contributed by atoms with E-state index in [9.17, 15) is 39.6 Å². The summed E-state index contributed by atoms with van der Waals surface area (Å²) in [6.45, 7) is 0. The summed E-state index contributed by atoms with van der Waals surface area (Å²) in [6.07, 6.45) is 0.638. The monoisotopic (exact) mass is 551 g/mol. The molecule has 1 aromatic heterocycles. The number of hydrogen-bond donors (Lipinski definition) is 5. The van der Waals surface area contributed by atoms with Gasteiger partial charge in [-0.1, -0.05) is 0 Å². The third kappa shape index (κ3) is 3.52. The largest absolute Gasteiger partial charge is 0.508 e. The third-order valence-electron chi connectivity index (χ3n) is 8.19. The summed E-state index contributed by atoms with van der Waals surface area (Å²) in [5.74, 6) is -7.07. The highest BCUT2D eigenvalue weighted by Crippen LogP contribution is 2.55. The third-order valence-corrected chi connectivity index (χ3v) is 8.19. The number of aliphatic hydroxyl groups is 3. The van der Waals surface area contributed by atoms with Crippen LogP contribution >= 0.6 is 0 Å². The molecule has 6 N–H and O–H groups in total. The fourth-order valence-corrected chi connectivity index (χ4v) is 6.44. The first-order chi connectivity index (χ1) is 18.7. The predicted molar refractivity (Wildman–Crippen MR) is 142 cm³/mol. The lowest BCUT2D eigenvalue weighted by molar-refractivity contribution is -0.153. The molecule has 1 aromatic carbocycles. The van der Waals surface area contributed by atoms with Crippen molar-refractivity contribution in [1.82, 2.24) is 4.90 Å². The van der Waals surface area contributed by atoms with Crippen LogP contribution in [0, 0.1) is 11.8 Å². The number of phenols is 1. The van der Waals surface area contributed by atoms with Gasteiger partial charge in [-0.25, -0.2) is 0 Å². The Hall–Kier alpha value is -4.42. The maximum atomic E-state index is 14.0. The summed E-state index contributed by atoms with van der Waals surface area (Å²) in [7, 11) is 6.60. The normalized spacial score (nSPS) is 26.0. The standard InChI is InChI=1S/C28H29N3O9/c1-30(2)16-9-14(17-6-5-12(10-32)40-17)22(33)19-13(16)7-11-8-15-21(31(3)4)24(35)20(27(29)38)26(37)28(15,39)25(36)18(11)23(19)34/h5-6,9-11,15,21,33-34,37,39H,7-8H2,1-4H3,(H2,29,38)/t11?,15?,21-,28-/m0/s1. The van der Waals surface area contributed by atoms with Crippen molar-refractivity contribution in [1.29, 1.82) is 0 Å². The van der Waals surface area contributed by atoms with Crippen LogP contribution in [0.5, 0.6) is 5.75 Å². The first-order valence-corrected chi connectivity index (χ1v) is 12.5. The number of nitrogens with two attached hydrogens (primary N) is 1. The molecule has 5 rings (SSSR count). The first kappa shape index (κ1) is 27.2. The maximum absolute atomic E-state index is 14.0. The number of hydrogen-bond acceptors (Lipinski definition) is 11. The molecule has 1 amide bonds. The summed E-state index contributed by atoms with van der Waals surface area (Å²) in [4.78, 5) is 53.7. The number of carbonyl (C=O) groups is 4. The number of anilines is 1. The van der Waals surface area contributed by atoms with Crippen molar-refractivity contribution in [2.24, 2.45) is 17.6 Å². The number of nitrogens with zero attached hydrogens (tertiary/aromatic N) is 2. The van der Waals surface area contributed by atoms with Gasteiger partial charge in [0.1, 0.15) is 28.6 Å². The molecule has 40 heavy (non-hydrogen) atoms. The van der Waals surface area contributed by atoms with Gasteiger partial charge in [-0.05, 0) is 56.6 Å². The second kappa shape index (κ2) is 9.07. The molecule has 0 saturated heterocycles. The van der Waals surface area contributed by atoms with Gasteiger partial charge in [-0.15, -0.1) is 0 Å². The maximum Gasteiger partial charge on any atom is 0.255 e. The molecule has 12 nitrogen and oxygen atoms in total. The van der Waals surface area contributed by atoms with E-state index in [0.29, 0.717) is 17.5 Å². The molecule has 0 bridgehead atoms. The number of aliphatic hydroxyl groups excluding tert-OH is 2. The number of phenolic OH excluding ortho intramolecular Hbond substituents is 1. The Morgan fingerprint density at radius 1 is 1.15 bits per heavy atom. The number of carbonyl (C=O) groups excluding carboxylic acids is 4. The second-order valence-electron chi connectivity index (χ2n) is 10.8. The van der Waals surface area contributed by atoms with Crippen molar-refractivity contribution in [3.8, 4) is 17.1 Å². The number of aromatic hydroxyl groups is 1. The van der Waals surface area contributed by atoms with Crippen molar-refractivity contribution < 1.29 is 44.0 Å². The molecular formula is C28H29N3O9. The molecule has 210 valence electrons. The van der Waals surface area contributed by atoms with Crippen molar-refractivity contribution >= 4 is 35.2 Å². The van der Waals surface area contributed by atoms with Gasteiger partial charge in [0, 0.05) is 31.3 Å². The van der Waals surface area contributed by atoms with Gasteiger partial charge in [0.2, 0.25) is 5.78 Å². The number of Topliss-reactive ketones (excluding diaryl/α,β-unsaturated/α-hetero) is 2. The average molecular weight is 552 g/mol. The van der Waals surface area contributed by atoms with Crippen LogP contribution in [0.25, 0.3) is 17.1 Å². The van der Waals surface area contributed by atoms with E-state index in [-0.39, 0.29) is 41.1 Å². The number of fused-ring (bicyclic) bond motifs is 3. The number of likely N-dealkylation sites (N-methyl/N-ethyl adjacent to an activating group) is 1. The molecule has 1 fully saturated rings. The Labute approximate surface area is 228 Å². The molecular weight excluding hydrogens is 522 g/mol. The Kier molecular flexibility index (Phi) is 6.16. The SMILES string of the molecule is CN(C)c1cc(-c2ccc(C=O)o2)c(O)c2c1CC1CC3[C@H](N(C)C)C(=O)C(C(N)=O)=C(O)[C@@]3(O)C(=O)C1=C2O. The lowest BCUT2D eigenvalue weighted by atomic mass is 9.57. The Morgan fingerprint density at radius 3 is 2.38 bits per heavy atom. The van der Waals surface area contributed by atoms with Gasteiger partial charge in [0.05, 0.1) is 17.2 Å². The van der Waals surface area contributed by atoms with Gasteiger partial charge in [-0.3, -0.25) is 24.1 Å². The van der Waals surface area contributed by atoms with Crippen LogP contribution in [0.1, 0.15) is 28.1 Å². The fourth-order valence-electron chi connectivity index (χ4n) is 6.44. The van der Waals surface area contributed by atoms with E-state index in [1.807, 2.05) is 0 Å². The minimum Gasteiger partial charge on any atom is -0.508 e. The van der Waals surface area contributed by atoms with E-state index >= 15 is 0 Å². The van der Waals surface area contributed by atoms with Crippen molar-refractivity contribution in [3.63, 3.8) is 0 Å². The molecule has 3 aliphatic rings. The minimum absolute atomic E-state index is 0.0119. The predicted octanol–water partition coefficient (Wildman–Crippen LogP) is 1.10. The van der Waals surface area contributed by atoms with Gasteiger partial charge < -0.3 is 35.5 Å². The molecule has 0 aliphatic heterocycles. The van der Waals surface area contributed by atoms with Gasteiger partial charge in [0.25, 0.3) is 5.91 Å².